The summed E-state index contributed by atoms with van der Waals surface area (Å²) in [5, 5.41) is 0. The monoisotopic (exact) mass is 626 g/mol. The van der Waals surface area contributed by atoms with Crippen LogP contribution in [0.4, 0.5) is 33.3 Å². The summed E-state index contributed by atoms with van der Waals surface area (Å²) in [5.41, 5.74) is 4.58. The van der Waals surface area contributed by atoms with E-state index < -0.39 is 46.2 Å². The van der Waals surface area contributed by atoms with Crippen molar-refractivity contribution in [2.24, 2.45) is 4.99 Å². The largest absolute Gasteiger partial charge is 0.493 e. The lowest BCUT2D eigenvalue weighted by Crippen LogP contribution is -2.48. The summed E-state index contributed by atoms with van der Waals surface area (Å²) in [6.07, 6.45) is -4.40. The summed E-state index contributed by atoms with van der Waals surface area (Å²) in [4.78, 5) is 4.43. The number of amidine groups is 1. The number of hydrogen-bond acceptors (Lipinski definition) is 7. The Labute approximate surface area is 244 Å². The second-order valence-electron chi connectivity index (χ2n) is 10.0. The SMILES string of the molecule is COc1cc2c(cc1O[C@H]1CCOC1)C(=N[C@H](C)c1cc(N)cc(C(F)(F)F)c1)NS(=O)(=O)N2Cc1cc(F)ccc1F. The lowest BCUT2D eigenvalue weighted by atomic mass is 10.0. The first-order valence-corrected chi connectivity index (χ1v) is 14.5. The van der Waals surface area contributed by atoms with Crippen LogP contribution in [0.15, 0.2) is 53.5 Å². The minimum atomic E-state index is -4.67. The number of halogens is 5. The van der Waals surface area contributed by atoms with Gasteiger partial charge in [-0.3, -0.25) is 4.99 Å². The van der Waals surface area contributed by atoms with Gasteiger partial charge in [-0.05, 0) is 55.0 Å². The van der Waals surface area contributed by atoms with Crippen molar-refractivity contribution in [2.45, 2.75) is 38.2 Å². The van der Waals surface area contributed by atoms with E-state index in [1.807, 2.05) is 0 Å². The van der Waals surface area contributed by atoms with Crippen LogP contribution in [0, 0.1) is 11.6 Å². The van der Waals surface area contributed by atoms with Gasteiger partial charge < -0.3 is 19.9 Å². The van der Waals surface area contributed by atoms with Crippen molar-refractivity contribution in [3.8, 4) is 11.5 Å². The van der Waals surface area contributed by atoms with Gasteiger partial charge in [0.2, 0.25) is 0 Å². The number of benzene rings is 3. The maximum absolute atomic E-state index is 14.6. The molecule has 0 aromatic heterocycles. The third-order valence-corrected chi connectivity index (χ3v) is 8.29. The molecule has 1 saturated heterocycles. The Kier molecular flexibility index (Phi) is 8.13. The predicted molar refractivity (Wildman–Crippen MR) is 148 cm³/mol. The van der Waals surface area contributed by atoms with Gasteiger partial charge >= 0.3 is 16.4 Å². The summed E-state index contributed by atoms with van der Waals surface area (Å²) in [6.45, 7) is 1.67. The van der Waals surface area contributed by atoms with Crippen LogP contribution < -0.4 is 24.2 Å². The number of alkyl halides is 3. The van der Waals surface area contributed by atoms with Crippen molar-refractivity contribution in [1.29, 1.82) is 0 Å². The molecular formula is C28H27F5N4O5S. The molecule has 0 aliphatic carbocycles. The van der Waals surface area contributed by atoms with E-state index >= 15 is 0 Å². The highest BCUT2D eigenvalue weighted by Gasteiger charge is 2.37. The normalized spacial score (nSPS) is 19.6. The van der Waals surface area contributed by atoms with Crippen molar-refractivity contribution in [1.82, 2.24) is 4.72 Å². The molecule has 0 unspecified atom stereocenters. The number of nitrogens with two attached hydrogens (primary N) is 1. The van der Waals surface area contributed by atoms with Crippen LogP contribution in [-0.2, 0) is 27.7 Å². The average molecular weight is 627 g/mol. The van der Waals surface area contributed by atoms with Crippen molar-refractivity contribution < 1.29 is 44.6 Å². The van der Waals surface area contributed by atoms with Gasteiger partial charge in [-0.25, -0.2) is 17.8 Å². The number of nitrogens with one attached hydrogen (secondary N) is 1. The highest BCUT2D eigenvalue weighted by molar-refractivity contribution is 7.91. The van der Waals surface area contributed by atoms with Gasteiger partial charge in [0.15, 0.2) is 11.5 Å². The van der Waals surface area contributed by atoms with E-state index in [2.05, 4.69) is 9.71 Å². The Morgan fingerprint density at radius 3 is 2.58 bits per heavy atom. The molecule has 0 amide bonds. The van der Waals surface area contributed by atoms with Crippen LogP contribution in [0.3, 0.4) is 0 Å². The van der Waals surface area contributed by atoms with Crippen LogP contribution in [0.5, 0.6) is 11.5 Å². The molecule has 2 aliphatic heterocycles. The van der Waals surface area contributed by atoms with E-state index in [1.54, 1.807) is 0 Å². The van der Waals surface area contributed by atoms with E-state index in [1.165, 1.54) is 32.2 Å². The highest BCUT2D eigenvalue weighted by Crippen LogP contribution is 2.41. The first kappa shape index (κ1) is 30.4. The first-order valence-electron chi connectivity index (χ1n) is 13.0. The van der Waals surface area contributed by atoms with Gasteiger partial charge in [0.25, 0.3) is 0 Å². The number of nitrogen functional groups attached to an aromatic ring is 1. The fourth-order valence-electron chi connectivity index (χ4n) is 4.78. The molecule has 1 fully saturated rings. The lowest BCUT2D eigenvalue weighted by Gasteiger charge is -2.33. The number of hydrogen-bond donors (Lipinski definition) is 2. The van der Waals surface area contributed by atoms with E-state index in [0.29, 0.717) is 19.6 Å². The second-order valence-corrected chi connectivity index (χ2v) is 11.6. The van der Waals surface area contributed by atoms with Crippen molar-refractivity contribution in [3.63, 3.8) is 0 Å². The van der Waals surface area contributed by atoms with Gasteiger partial charge in [0.1, 0.15) is 23.6 Å². The number of rotatable bonds is 7. The zero-order chi connectivity index (χ0) is 31.1. The number of nitrogens with zero attached hydrogens (tertiary/aromatic N) is 2. The van der Waals surface area contributed by atoms with Gasteiger partial charge in [-0.15, -0.1) is 0 Å². The fourth-order valence-corrected chi connectivity index (χ4v) is 6.02. The van der Waals surface area contributed by atoms with Crippen molar-refractivity contribution in [3.05, 3.63) is 82.4 Å². The van der Waals surface area contributed by atoms with E-state index in [9.17, 15) is 30.4 Å². The molecule has 0 radical (unpaired) electrons. The van der Waals surface area contributed by atoms with E-state index in [-0.39, 0.29) is 51.5 Å². The number of ether oxygens (including phenoxy) is 3. The maximum atomic E-state index is 14.6. The molecule has 0 spiro atoms. The molecule has 5 rings (SSSR count). The number of anilines is 2. The summed E-state index contributed by atoms with van der Waals surface area (Å²) >= 11 is 0. The molecule has 0 bridgehead atoms. The third-order valence-electron chi connectivity index (χ3n) is 6.93. The smallest absolute Gasteiger partial charge is 0.416 e. The molecular weight excluding hydrogens is 599 g/mol. The Hall–Kier alpha value is -4.11. The van der Waals surface area contributed by atoms with Crippen LogP contribution >= 0.6 is 0 Å². The third kappa shape index (κ3) is 6.46. The average Bonchev–Trinajstić information content (AvgIpc) is 3.44. The molecule has 0 saturated carbocycles. The summed E-state index contributed by atoms with van der Waals surface area (Å²) in [6, 6.07) is 7.46. The van der Waals surface area contributed by atoms with Crippen LogP contribution in [0.2, 0.25) is 0 Å². The predicted octanol–water partition coefficient (Wildman–Crippen LogP) is 5.10. The van der Waals surface area contributed by atoms with Gasteiger partial charge in [-0.1, -0.05) is 0 Å². The van der Waals surface area contributed by atoms with E-state index in [0.717, 1.165) is 34.6 Å². The molecule has 2 heterocycles. The second kappa shape index (κ2) is 11.5. The molecule has 3 aromatic rings. The number of methoxy groups -OCH3 is 1. The molecule has 3 aromatic carbocycles. The first-order chi connectivity index (χ1) is 20.2. The summed E-state index contributed by atoms with van der Waals surface area (Å²) in [5.74, 6) is -1.45. The lowest BCUT2D eigenvalue weighted by molar-refractivity contribution is -0.137. The molecule has 15 heteroatoms. The van der Waals surface area contributed by atoms with Gasteiger partial charge in [-0.2, -0.15) is 21.6 Å². The van der Waals surface area contributed by atoms with E-state index in [4.69, 9.17) is 19.9 Å². The van der Waals surface area contributed by atoms with Crippen LogP contribution in [-0.4, -0.2) is 40.7 Å². The minimum Gasteiger partial charge on any atom is -0.493 e. The standard InChI is InChI=1S/C28H27F5N4O5S/c1-15(16-7-18(28(31,32)33)10-20(34)9-16)35-27-22-11-26(42-21-5-6-41-14-21)25(40-2)12-24(22)37(43(38,39)36-27)13-17-8-19(29)3-4-23(17)30/h3-4,7-12,15,21H,5-6,13-14,34H2,1-2H3,(H,35,36)/t15-,21+/m1/s1. The minimum absolute atomic E-state index is 0.0104. The van der Waals surface area contributed by atoms with Crippen molar-refractivity contribution in [2.75, 3.05) is 30.4 Å². The number of aliphatic imine (C=N–C) groups is 1. The van der Waals surface area contributed by atoms with Crippen LogP contribution in [0.1, 0.15) is 41.6 Å². The highest BCUT2D eigenvalue weighted by atomic mass is 32.2. The topological polar surface area (TPSA) is 115 Å². The van der Waals surface area contributed by atoms with Crippen LogP contribution in [0.25, 0.3) is 0 Å². The summed E-state index contributed by atoms with van der Waals surface area (Å²) in [7, 11) is -3.15. The van der Waals surface area contributed by atoms with Crippen molar-refractivity contribution >= 4 is 27.4 Å². The molecule has 9 nitrogen and oxygen atoms in total. The maximum Gasteiger partial charge on any atom is 0.416 e. The van der Waals surface area contributed by atoms with Gasteiger partial charge in [0.05, 0.1) is 44.2 Å². The Bertz CT molecular complexity index is 1680. The zero-order valence-corrected chi connectivity index (χ0v) is 23.7. The summed E-state index contributed by atoms with van der Waals surface area (Å²) < 4.78 is 116. The Balaban J connectivity index is 1.64. The molecule has 2 aliphatic rings. The fraction of sp³-hybridized carbons (Fsp3) is 0.321. The molecule has 43 heavy (non-hydrogen) atoms. The molecule has 2 atom stereocenters. The van der Waals surface area contributed by atoms with Gasteiger partial charge in [0, 0.05) is 29.3 Å². The molecule has 230 valence electrons. The Morgan fingerprint density at radius 2 is 1.91 bits per heavy atom. The quantitative estimate of drug-likeness (QED) is 0.279. The molecule has 3 N–H and O–H groups in total. The Morgan fingerprint density at radius 1 is 1.14 bits per heavy atom. The number of fused-ring (bicyclic) bond motifs is 1. The zero-order valence-electron chi connectivity index (χ0n) is 22.9.